The molecule has 24 heavy (non-hydrogen) atoms. The van der Waals surface area contributed by atoms with Gasteiger partial charge in [0, 0.05) is 39.3 Å². The summed E-state index contributed by atoms with van der Waals surface area (Å²) in [6.07, 6.45) is 2.72. The highest BCUT2D eigenvalue weighted by Crippen LogP contribution is 2.25. The van der Waals surface area contributed by atoms with Crippen LogP contribution in [0.3, 0.4) is 0 Å². The van der Waals surface area contributed by atoms with Crippen LogP contribution in [0.1, 0.15) is 12.8 Å². The number of hydrogen-bond donors (Lipinski definition) is 1. The number of carbonyl (C=O) groups is 1. The van der Waals surface area contributed by atoms with Gasteiger partial charge in [-0.25, -0.2) is 9.78 Å². The van der Waals surface area contributed by atoms with Crippen molar-refractivity contribution in [3.63, 3.8) is 0 Å². The number of hydrogen-bond acceptors (Lipinski definition) is 5. The Hall–Kier alpha value is -1.70. The number of carbonyl (C=O) groups excluding carboxylic acids is 1. The molecule has 0 saturated carbocycles. The van der Waals surface area contributed by atoms with Gasteiger partial charge in [-0.05, 0) is 25.0 Å². The highest BCUT2D eigenvalue weighted by atomic mass is 32.1. The van der Waals surface area contributed by atoms with E-state index < -0.39 is 0 Å². The Morgan fingerprint density at radius 1 is 1.29 bits per heavy atom. The lowest BCUT2D eigenvalue weighted by Gasteiger charge is -2.35. The summed E-state index contributed by atoms with van der Waals surface area (Å²) in [7, 11) is 0. The molecule has 2 aromatic rings. The van der Waals surface area contributed by atoms with Crippen LogP contribution in [0.2, 0.25) is 0 Å². The number of para-hydroxylation sites is 1. The van der Waals surface area contributed by atoms with Crippen LogP contribution < -0.4 is 5.32 Å². The largest absolute Gasteiger partial charge is 0.377 e. The molecule has 2 amide bonds. The second kappa shape index (κ2) is 7.04. The third-order valence-corrected chi connectivity index (χ3v) is 5.60. The van der Waals surface area contributed by atoms with E-state index in [-0.39, 0.29) is 6.03 Å². The highest BCUT2D eigenvalue weighted by molar-refractivity contribution is 7.22. The van der Waals surface area contributed by atoms with Gasteiger partial charge < -0.3 is 9.64 Å². The molecule has 0 radical (unpaired) electrons. The molecule has 2 saturated heterocycles. The lowest BCUT2D eigenvalue weighted by atomic mass is 10.2. The number of anilines is 1. The Morgan fingerprint density at radius 2 is 2.12 bits per heavy atom. The monoisotopic (exact) mass is 346 g/mol. The van der Waals surface area contributed by atoms with E-state index in [1.807, 2.05) is 29.2 Å². The van der Waals surface area contributed by atoms with Gasteiger partial charge in [-0.1, -0.05) is 23.5 Å². The van der Waals surface area contributed by atoms with Gasteiger partial charge in [0.25, 0.3) is 0 Å². The Balaban J connectivity index is 1.29. The molecule has 0 bridgehead atoms. The number of amides is 2. The maximum atomic E-state index is 12.4. The number of piperazine rings is 1. The van der Waals surface area contributed by atoms with Gasteiger partial charge in [0.1, 0.15) is 0 Å². The van der Waals surface area contributed by atoms with Gasteiger partial charge in [-0.2, -0.15) is 0 Å². The van der Waals surface area contributed by atoms with E-state index in [1.54, 1.807) is 0 Å². The number of nitrogens with zero attached hydrogens (tertiary/aromatic N) is 3. The van der Waals surface area contributed by atoms with Crippen molar-refractivity contribution in [1.82, 2.24) is 14.8 Å². The number of thiazole rings is 1. The molecule has 1 aromatic heterocycles. The van der Waals surface area contributed by atoms with Gasteiger partial charge in [-0.3, -0.25) is 10.2 Å². The van der Waals surface area contributed by atoms with Crippen molar-refractivity contribution in [2.75, 3.05) is 44.6 Å². The minimum atomic E-state index is -0.0502. The van der Waals surface area contributed by atoms with Crippen LogP contribution in [0.25, 0.3) is 10.2 Å². The number of benzene rings is 1. The van der Waals surface area contributed by atoms with Crippen molar-refractivity contribution < 1.29 is 9.53 Å². The van der Waals surface area contributed by atoms with Crippen molar-refractivity contribution in [2.24, 2.45) is 0 Å². The minimum absolute atomic E-state index is 0.0502. The zero-order valence-corrected chi connectivity index (χ0v) is 14.4. The zero-order chi connectivity index (χ0) is 16.4. The maximum Gasteiger partial charge on any atom is 0.323 e. The first-order chi connectivity index (χ1) is 11.8. The van der Waals surface area contributed by atoms with Crippen molar-refractivity contribution in [1.29, 1.82) is 0 Å². The minimum Gasteiger partial charge on any atom is -0.377 e. The number of ether oxygens (including phenoxy) is 1. The van der Waals surface area contributed by atoms with E-state index in [2.05, 4.69) is 15.2 Å². The fraction of sp³-hybridized carbons (Fsp3) is 0.529. The summed E-state index contributed by atoms with van der Waals surface area (Å²) < 4.78 is 6.79. The van der Waals surface area contributed by atoms with E-state index >= 15 is 0 Å². The standard InChI is InChI=1S/C17H22N4O2S/c22-17(19-16-18-14-5-1-2-6-15(14)24-16)21-9-7-20(8-10-21)12-13-4-3-11-23-13/h1-2,5-6,13H,3-4,7-12H2,(H,18,19,22)/t13-/m0/s1. The summed E-state index contributed by atoms with van der Waals surface area (Å²) in [5, 5.41) is 3.61. The summed E-state index contributed by atoms with van der Waals surface area (Å²) in [5.41, 5.74) is 0.930. The third-order valence-electron chi connectivity index (χ3n) is 4.65. The van der Waals surface area contributed by atoms with E-state index in [0.29, 0.717) is 11.2 Å². The fourth-order valence-corrected chi connectivity index (χ4v) is 4.16. The number of aromatic nitrogens is 1. The molecule has 0 spiro atoms. The van der Waals surface area contributed by atoms with Crippen molar-refractivity contribution in [2.45, 2.75) is 18.9 Å². The number of fused-ring (bicyclic) bond motifs is 1. The van der Waals surface area contributed by atoms with Gasteiger partial charge in [0.15, 0.2) is 5.13 Å². The predicted molar refractivity (Wildman–Crippen MR) is 95.6 cm³/mol. The van der Waals surface area contributed by atoms with E-state index in [9.17, 15) is 4.79 Å². The second-order valence-electron chi connectivity index (χ2n) is 6.34. The Kier molecular flexibility index (Phi) is 4.64. The fourth-order valence-electron chi connectivity index (χ4n) is 3.31. The summed E-state index contributed by atoms with van der Waals surface area (Å²) in [6, 6.07) is 7.88. The SMILES string of the molecule is O=C(Nc1nc2ccccc2s1)N1CCN(C[C@@H]2CCCO2)CC1. The van der Waals surface area contributed by atoms with Crippen LogP contribution in [0.15, 0.2) is 24.3 Å². The molecule has 4 rings (SSSR count). The smallest absolute Gasteiger partial charge is 0.323 e. The first-order valence-electron chi connectivity index (χ1n) is 8.53. The van der Waals surface area contributed by atoms with Crippen LogP contribution in [-0.2, 0) is 4.74 Å². The van der Waals surface area contributed by atoms with Crippen LogP contribution in [0.4, 0.5) is 9.93 Å². The van der Waals surface area contributed by atoms with E-state index in [4.69, 9.17) is 4.74 Å². The van der Waals surface area contributed by atoms with Crippen LogP contribution in [-0.4, -0.2) is 66.2 Å². The average Bonchev–Trinajstić information content (AvgIpc) is 3.24. The predicted octanol–water partition coefficient (Wildman–Crippen LogP) is 2.62. The van der Waals surface area contributed by atoms with Gasteiger partial charge >= 0.3 is 6.03 Å². The molecule has 1 N–H and O–H groups in total. The van der Waals surface area contributed by atoms with Crippen molar-refractivity contribution in [3.8, 4) is 0 Å². The topological polar surface area (TPSA) is 57.7 Å². The number of rotatable bonds is 3. The first-order valence-corrected chi connectivity index (χ1v) is 9.35. The summed E-state index contributed by atoms with van der Waals surface area (Å²) >= 11 is 1.51. The third kappa shape index (κ3) is 3.53. The van der Waals surface area contributed by atoms with E-state index in [1.165, 1.54) is 17.8 Å². The summed E-state index contributed by atoms with van der Waals surface area (Å²) in [5.74, 6) is 0. The molecule has 7 heteroatoms. The van der Waals surface area contributed by atoms with Crippen LogP contribution in [0, 0.1) is 0 Å². The normalized spacial score (nSPS) is 22.2. The molecule has 0 unspecified atom stereocenters. The highest BCUT2D eigenvalue weighted by Gasteiger charge is 2.25. The molecular formula is C17H22N4O2S. The molecule has 2 aliphatic heterocycles. The number of nitrogens with one attached hydrogen (secondary N) is 1. The Morgan fingerprint density at radius 3 is 2.88 bits per heavy atom. The van der Waals surface area contributed by atoms with Gasteiger partial charge in [-0.15, -0.1) is 0 Å². The van der Waals surface area contributed by atoms with Gasteiger partial charge in [0.05, 0.1) is 16.3 Å². The van der Waals surface area contributed by atoms with E-state index in [0.717, 1.165) is 56.0 Å². The molecular weight excluding hydrogens is 324 g/mol. The lowest BCUT2D eigenvalue weighted by Crippen LogP contribution is -2.51. The molecule has 2 fully saturated rings. The molecule has 6 nitrogen and oxygen atoms in total. The average molecular weight is 346 g/mol. The molecule has 1 aromatic carbocycles. The molecule has 0 aliphatic carbocycles. The lowest BCUT2D eigenvalue weighted by molar-refractivity contribution is 0.0572. The summed E-state index contributed by atoms with van der Waals surface area (Å²) in [4.78, 5) is 21.2. The molecule has 2 aliphatic rings. The molecule has 1 atom stereocenters. The molecule has 128 valence electrons. The number of urea groups is 1. The maximum absolute atomic E-state index is 12.4. The first kappa shape index (κ1) is 15.8. The zero-order valence-electron chi connectivity index (χ0n) is 13.6. The quantitative estimate of drug-likeness (QED) is 0.928. The van der Waals surface area contributed by atoms with Crippen molar-refractivity contribution in [3.05, 3.63) is 24.3 Å². The Bertz CT molecular complexity index is 672. The molecule has 3 heterocycles. The second-order valence-corrected chi connectivity index (χ2v) is 7.37. The van der Waals surface area contributed by atoms with Gasteiger partial charge in [0.2, 0.25) is 0 Å². The Labute approximate surface area is 145 Å². The van der Waals surface area contributed by atoms with Crippen LogP contribution >= 0.6 is 11.3 Å². The summed E-state index contributed by atoms with van der Waals surface area (Å²) in [6.45, 7) is 5.22. The van der Waals surface area contributed by atoms with Crippen molar-refractivity contribution >= 4 is 32.7 Å². The van der Waals surface area contributed by atoms with Crippen LogP contribution in [0.5, 0.6) is 0 Å².